The number of methoxy groups -OCH3 is 1. The van der Waals surface area contributed by atoms with Crippen LogP contribution in [0, 0.1) is 0 Å². The molecule has 0 aliphatic carbocycles. The van der Waals surface area contributed by atoms with E-state index >= 15 is 0 Å². The predicted octanol–water partition coefficient (Wildman–Crippen LogP) is 4.44. The van der Waals surface area contributed by atoms with Gasteiger partial charge in [-0.2, -0.15) is 8.78 Å². The highest BCUT2D eigenvalue weighted by Gasteiger charge is 2.15. The van der Waals surface area contributed by atoms with Crippen molar-refractivity contribution in [2.45, 2.75) is 6.61 Å². The van der Waals surface area contributed by atoms with E-state index in [1.54, 1.807) is 42.5 Å². The first-order valence-electron chi connectivity index (χ1n) is 8.98. The number of amides is 2. The smallest absolute Gasteiger partial charge is 0.387 e. The van der Waals surface area contributed by atoms with Gasteiger partial charge in [-0.1, -0.05) is 18.2 Å². The van der Waals surface area contributed by atoms with Gasteiger partial charge in [0.1, 0.15) is 11.5 Å². The number of anilines is 1. The van der Waals surface area contributed by atoms with E-state index in [4.69, 9.17) is 15.2 Å². The van der Waals surface area contributed by atoms with E-state index in [1.165, 1.54) is 31.4 Å². The van der Waals surface area contributed by atoms with Gasteiger partial charge in [0.2, 0.25) is 0 Å². The van der Waals surface area contributed by atoms with Gasteiger partial charge in [-0.25, -0.2) is 0 Å². The van der Waals surface area contributed by atoms with Crippen LogP contribution < -0.4 is 25.3 Å². The number of carbonyl (C=O) groups is 2. The maximum absolute atomic E-state index is 12.6. The minimum atomic E-state index is -3.02. The molecule has 0 heterocycles. The second-order valence-electron chi connectivity index (χ2n) is 6.19. The number of primary amides is 1. The lowest BCUT2D eigenvalue weighted by Gasteiger charge is -2.12. The van der Waals surface area contributed by atoms with E-state index in [9.17, 15) is 18.4 Å². The largest absolute Gasteiger partial charge is 0.493 e. The molecular weight excluding hydrogens is 410 g/mol. The van der Waals surface area contributed by atoms with Crippen molar-refractivity contribution in [1.82, 2.24) is 0 Å². The number of halogens is 2. The zero-order valence-electron chi connectivity index (χ0n) is 16.3. The number of nitrogens with one attached hydrogen (secondary N) is 1. The van der Waals surface area contributed by atoms with Gasteiger partial charge in [0.15, 0.2) is 11.5 Å². The van der Waals surface area contributed by atoms with Crippen LogP contribution in [0.1, 0.15) is 20.7 Å². The third kappa shape index (κ3) is 5.47. The number of alkyl halides is 2. The quantitative estimate of drug-likeness (QED) is 0.553. The summed E-state index contributed by atoms with van der Waals surface area (Å²) in [5, 5.41) is 2.68. The monoisotopic (exact) mass is 428 g/mol. The van der Waals surface area contributed by atoms with Gasteiger partial charge in [0.05, 0.1) is 12.7 Å². The molecule has 7 nitrogen and oxygen atoms in total. The second-order valence-corrected chi connectivity index (χ2v) is 6.19. The van der Waals surface area contributed by atoms with Crippen LogP contribution in [0.4, 0.5) is 14.5 Å². The van der Waals surface area contributed by atoms with Crippen LogP contribution in [0.15, 0.2) is 66.7 Å². The number of ether oxygens (including phenoxy) is 3. The van der Waals surface area contributed by atoms with Gasteiger partial charge in [0.25, 0.3) is 11.8 Å². The fraction of sp³-hybridized carbons (Fsp3) is 0.0909. The maximum Gasteiger partial charge on any atom is 0.387 e. The number of benzene rings is 3. The van der Waals surface area contributed by atoms with Crippen molar-refractivity contribution >= 4 is 17.5 Å². The average molecular weight is 428 g/mol. The van der Waals surface area contributed by atoms with Crippen molar-refractivity contribution < 1.29 is 32.6 Å². The summed E-state index contributed by atoms with van der Waals surface area (Å²) in [6, 6.07) is 16.8. The van der Waals surface area contributed by atoms with Gasteiger partial charge in [0, 0.05) is 17.3 Å². The Labute approximate surface area is 176 Å². The molecule has 0 spiro atoms. The van der Waals surface area contributed by atoms with Crippen LogP contribution in [0.2, 0.25) is 0 Å². The lowest BCUT2D eigenvalue weighted by molar-refractivity contribution is -0.0512. The first-order valence-corrected chi connectivity index (χ1v) is 8.98. The SMILES string of the molecule is COc1cc(C(=O)Nc2cccc(Oc3ccccc3C(N)=O)c2)ccc1OC(F)F. The Balaban J connectivity index is 1.77. The number of nitrogens with two attached hydrogens (primary N) is 1. The van der Waals surface area contributed by atoms with E-state index in [2.05, 4.69) is 10.1 Å². The van der Waals surface area contributed by atoms with Crippen LogP contribution in [0.5, 0.6) is 23.0 Å². The molecule has 0 aliphatic rings. The third-order valence-electron chi connectivity index (χ3n) is 4.11. The van der Waals surface area contributed by atoms with Crippen molar-refractivity contribution in [3.63, 3.8) is 0 Å². The van der Waals surface area contributed by atoms with Crippen LogP contribution >= 0.6 is 0 Å². The first kappa shape index (κ1) is 21.6. The lowest BCUT2D eigenvalue weighted by atomic mass is 10.1. The topological polar surface area (TPSA) is 99.9 Å². The van der Waals surface area contributed by atoms with Crippen LogP contribution in [-0.2, 0) is 0 Å². The van der Waals surface area contributed by atoms with Gasteiger partial charge >= 0.3 is 6.61 Å². The molecule has 3 rings (SSSR count). The van der Waals surface area contributed by atoms with Crippen molar-refractivity contribution in [3.8, 4) is 23.0 Å². The zero-order valence-corrected chi connectivity index (χ0v) is 16.3. The highest BCUT2D eigenvalue weighted by molar-refractivity contribution is 6.04. The minimum Gasteiger partial charge on any atom is -0.493 e. The average Bonchev–Trinajstić information content (AvgIpc) is 2.74. The molecule has 2 amide bonds. The highest BCUT2D eigenvalue weighted by atomic mass is 19.3. The molecule has 3 aromatic carbocycles. The summed E-state index contributed by atoms with van der Waals surface area (Å²) in [6.45, 7) is -3.02. The lowest BCUT2D eigenvalue weighted by Crippen LogP contribution is -2.13. The normalized spacial score (nSPS) is 10.5. The van der Waals surface area contributed by atoms with Crippen molar-refractivity contribution in [1.29, 1.82) is 0 Å². The number of para-hydroxylation sites is 1. The molecule has 0 aliphatic heterocycles. The number of hydrogen-bond acceptors (Lipinski definition) is 5. The summed E-state index contributed by atoms with van der Waals surface area (Å²) < 4.78 is 40.0. The molecule has 9 heteroatoms. The Morgan fingerprint density at radius 3 is 2.42 bits per heavy atom. The molecule has 3 N–H and O–H groups in total. The van der Waals surface area contributed by atoms with Gasteiger partial charge in [-0.15, -0.1) is 0 Å². The molecule has 0 unspecified atom stereocenters. The van der Waals surface area contributed by atoms with Gasteiger partial charge < -0.3 is 25.3 Å². The van der Waals surface area contributed by atoms with E-state index in [0.29, 0.717) is 11.4 Å². The molecule has 0 radical (unpaired) electrons. The molecule has 160 valence electrons. The second kappa shape index (κ2) is 9.57. The number of rotatable bonds is 8. The fourth-order valence-electron chi connectivity index (χ4n) is 2.73. The Kier molecular flexibility index (Phi) is 6.66. The Bertz CT molecular complexity index is 1100. The zero-order chi connectivity index (χ0) is 22.4. The van der Waals surface area contributed by atoms with E-state index in [1.807, 2.05) is 0 Å². The molecule has 31 heavy (non-hydrogen) atoms. The minimum absolute atomic E-state index is 0.00640. The molecule has 0 bridgehead atoms. The molecule has 0 fully saturated rings. The Hall–Kier alpha value is -4.14. The molecule has 0 saturated carbocycles. The predicted molar refractivity (Wildman–Crippen MR) is 109 cm³/mol. The van der Waals surface area contributed by atoms with Crippen LogP contribution in [0.3, 0.4) is 0 Å². The standard InChI is InChI=1S/C22H18F2N2O5/c1-29-19-11-13(9-10-18(19)31-22(23)24)21(28)26-14-5-4-6-15(12-14)30-17-8-3-2-7-16(17)20(25)27/h2-12,22H,1H3,(H2,25,27)(H,26,28). The number of carbonyl (C=O) groups excluding carboxylic acids is 2. The van der Waals surface area contributed by atoms with Crippen LogP contribution in [-0.4, -0.2) is 25.5 Å². The van der Waals surface area contributed by atoms with Crippen molar-refractivity contribution in [2.24, 2.45) is 5.73 Å². The summed E-state index contributed by atoms with van der Waals surface area (Å²) >= 11 is 0. The first-order chi connectivity index (χ1) is 14.9. The fourth-order valence-corrected chi connectivity index (χ4v) is 2.73. The molecule has 0 atom stereocenters. The molecule has 3 aromatic rings. The van der Waals surface area contributed by atoms with Crippen LogP contribution in [0.25, 0.3) is 0 Å². The molecular formula is C22H18F2N2O5. The summed E-state index contributed by atoms with van der Waals surface area (Å²) in [4.78, 5) is 24.1. The van der Waals surface area contributed by atoms with Crippen molar-refractivity contribution in [3.05, 3.63) is 77.9 Å². The maximum atomic E-state index is 12.6. The van der Waals surface area contributed by atoms with E-state index in [-0.39, 0.29) is 28.4 Å². The molecule has 0 aromatic heterocycles. The summed E-state index contributed by atoms with van der Waals surface area (Å²) in [5.41, 5.74) is 6.15. The van der Waals surface area contributed by atoms with Crippen molar-refractivity contribution in [2.75, 3.05) is 12.4 Å². The summed E-state index contributed by atoms with van der Waals surface area (Å²) in [7, 11) is 1.28. The van der Waals surface area contributed by atoms with Gasteiger partial charge in [-0.3, -0.25) is 9.59 Å². The Morgan fingerprint density at radius 2 is 1.71 bits per heavy atom. The highest BCUT2D eigenvalue weighted by Crippen LogP contribution is 2.30. The number of hydrogen-bond donors (Lipinski definition) is 2. The summed E-state index contributed by atoms with van der Waals surface area (Å²) in [6.07, 6.45) is 0. The van der Waals surface area contributed by atoms with E-state index in [0.717, 1.165) is 0 Å². The van der Waals surface area contributed by atoms with Gasteiger partial charge in [-0.05, 0) is 42.5 Å². The molecule has 0 saturated heterocycles. The third-order valence-corrected chi connectivity index (χ3v) is 4.11. The summed E-state index contributed by atoms with van der Waals surface area (Å²) in [5.74, 6) is -0.682. The van der Waals surface area contributed by atoms with E-state index < -0.39 is 18.4 Å². The Morgan fingerprint density at radius 1 is 0.935 bits per heavy atom.